The summed E-state index contributed by atoms with van der Waals surface area (Å²) in [7, 11) is 0. The first-order valence-corrected chi connectivity index (χ1v) is 10.1. The molecule has 1 N–H and O–H groups in total. The minimum atomic E-state index is -0.435. The van der Waals surface area contributed by atoms with Gasteiger partial charge in [0.1, 0.15) is 0 Å². The summed E-state index contributed by atoms with van der Waals surface area (Å²) in [5.41, 5.74) is 4.11. The summed E-state index contributed by atoms with van der Waals surface area (Å²) < 4.78 is 0. The molecule has 2 aromatic carbocycles. The zero-order valence-electron chi connectivity index (χ0n) is 16.1. The van der Waals surface area contributed by atoms with Gasteiger partial charge in [0.05, 0.1) is 6.10 Å². The molecule has 0 radical (unpaired) electrons. The number of hydrogen-bond acceptors (Lipinski definition) is 2. The zero-order chi connectivity index (χ0) is 17.8. The SMILES string of the molecule is CCCN(CCC)[C@@H](C)[C@@H](O)c1cc2c(c3ccccc13)CCCC2. The van der Waals surface area contributed by atoms with Gasteiger partial charge in [-0.2, -0.15) is 0 Å². The lowest BCUT2D eigenvalue weighted by molar-refractivity contribution is 0.0585. The van der Waals surface area contributed by atoms with Crippen molar-refractivity contribution in [1.82, 2.24) is 4.90 Å². The molecule has 0 amide bonds. The van der Waals surface area contributed by atoms with Crippen molar-refractivity contribution in [2.75, 3.05) is 13.1 Å². The third-order valence-electron chi connectivity index (χ3n) is 5.78. The van der Waals surface area contributed by atoms with E-state index in [9.17, 15) is 5.11 Å². The van der Waals surface area contributed by atoms with Crippen LogP contribution < -0.4 is 0 Å². The van der Waals surface area contributed by atoms with Gasteiger partial charge < -0.3 is 5.11 Å². The second-order valence-corrected chi connectivity index (χ2v) is 7.58. The molecule has 0 spiro atoms. The number of benzene rings is 2. The Bertz CT molecular complexity index is 703. The summed E-state index contributed by atoms with van der Waals surface area (Å²) in [6.07, 6.45) is 6.71. The van der Waals surface area contributed by atoms with Crippen molar-refractivity contribution < 1.29 is 5.11 Å². The van der Waals surface area contributed by atoms with E-state index in [0.717, 1.165) is 37.9 Å². The van der Waals surface area contributed by atoms with E-state index in [1.54, 1.807) is 0 Å². The van der Waals surface area contributed by atoms with Gasteiger partial charge in [0.25, 0.3) is 0 Å². The average Bonchev–Trinajstić information content (AvgIpc) is 2.66. The second kappa shape index (κ2) is 8.33. The predicted molar refractivity (Wildman–Crippen MR) is 107 cm³/mol. The maximum atomic E-state index is 11.3. The molecule has 1 aliphatic carbocycles. The molecule has 0 fully saturated rings. The molecule has 0 aliphatic heterocycles. The maximum absolute atomic E-state index is 11.3. The Labute approximate surface area is 152 Å². The van der Waals surface area contributed by atoms with Crippen LogP contribution in [-0.2, 0) is 12.8 Å². The Morgan fingerprint density at radius 2 is 1.64 bits per heavy atom. The summed E-state index contributed by atoms with van der Waals surface area (Å²) in [5.74, 6) is 0. The van der Waals surface area contributed by atoms with Gasteiger partial charge in [-0.25, -0.2) is 0 Å². The number of aliphatic hydroxyl groups is 1. The predicted octanol–water partition coefficient (Wildman–Crippen LogP) is 5.26. The molecule has 0 heterocycles. The summed E-state index contributed by atoms with van der Waals surface area (Å²) in [4.78, 5) is 2.44. The van der Waals surface area contributed by atoms with Crippen LogP contribution in [0.4, 0.5) is 0 Å². The molecule has 3 rings (SSSR count). The van der Waals surface area contributed by atoms with E-state index >= 15 is 0 Å². The van der Waals surface area contributed by atoms with E-state index in [-0.39, 0.29) is 6.04 Å². The number of aryl methyl sites for hydroxylation is 2. The lowest BCUT2D eigenvalue weighted by atomic mass is 9.83. The third-order valence-corrected chi connectivity index (χ3v) is 5.78. The highest BCUT2D eigenvalue weighted by Gasteiger charge is 2.25. The van der Waals surface area contributed by atoms with E-state index in [1.165, 1.54) is 41.2 Å². The Kier molecular flexibility index (Phi) is 6.14. The van der Waals surface area contributed by atoms with E-state index in [4.69, 9.17) is 0 Å². The van der Waals surface area contributed by atoms with Crippen LogP contribution in [0.15, 0.2) is 30.3 Å². The van der Waals surface area contributed by atoms with Gasteiger partial charge in [-0.15, -0.1) is 0 Å². The lowest BCUT2D eigenvalue weighted by Gasteiger charge is -2.33. The first kappa shape index (κ1) is 18.4. The van der Waals surface area contributed by atoms with Crippen molar-refractivity contribution in [3.05, 3.63) is 47.0 Å². The quantitative estimate of drug-likeness (QED) is 0.743. The zero-order valence-corrected chi connectivity index (χ0v) is 16.1. The van der Waals surface area contributed by atoms with Crippen LogP contribution in [0.1, 0.15) is 69.2 Å². The van der Waals surface area contributed by atoms with Crippen LogP contribution in [-0.4, -0.2) is 29.1 Å². The maximum Gasteiger partial charge on any atom is 0.0948 e. The molecule has 2 nitrogen and oxygen atoms in total. The smallest absolute Gasteiger partial charge is 0.0948 e. The molecule has 25 heavy (non-hydrogen) atoms. The van der Waals surface area contributed by atoms with Crippen LogP contribution in [0.2, 0.25) is 0 Å². The van der Waals surface area contributed by atoms with E-state index in [0.29, 0.717) is 0 Å². The van der Waals surface area contributed by atoms with Crippen molar-refractivity contribution in [2.24, 2.45) is 0 Å². The van der Waals surface area contributed by atoms with E-state index in [2.05, 4.69) is 56.0 Å². The monoisotopic (exact) mass is 339 g/mol. The summed E-state index contributed by atoms with van der Waals surface area (Å²) in [6, 6.07) is 11.1. The summed E-state index contributed by atoms with van der Waals surface area (Å²) in [5, 5.41) is 13.9. The van der Waals surface area contributed by atoms with Gasteiger partial charge >= 0.3 is 0 Å². The molecule has 2 aromatic rings. The van der Waals surface area contributed by atoms with Crippen LogP contribution in [0.25, 0.3) is 10.8 Å². The standard InChI is InChI=1S/C23H33NO/c1-4-14-24(15-5-2)17(3)23(25)22-16-18-10-6-7-11-19(18)20-12-8-9-13-21(20)22/h8-9,12-13,16-17,23,25H,4-7,10-11,14-15H2,1-3H3/t17-,23+/m0/s1. The molecule has 2 heteroatoms. The number of nitrogens with zero attached hydrogens (tertiary/aromatic N) is 1. The number of fused-ring (bicyclic) bond motifs is 3. The van der Waals surface area contributed by atoms with Crippen molar-refractivity contribution in [3.63, 3.8) is 0 Å². The molecular formula is C23H33NO. The molecular weight excluding hydrogens is 306 g/mol. The molecule has 0 bridgehead atoms. The Morgan fingerprint density at radius 1 is 1.00 bits per heavy atom. The molecule has 2 atom stereocenters. The molecule has 136 valence electrons. The molecule has 1 aliphatic rings. The Morgan fingerprint density at radius 3 is 2.32 bits per heavy atom. The highest BCUT2D eigenvalue weighted by atomic mass is 16.3. The summed E-state index contributed by atoms with van der Waals surface area (Å²) in [6.45, 7) is 8.72. The average molecular weight is 340 g/mol. The third kappa shape index (κ3) is 3.75. The molecule has 0 aromatic heterocycles. The Balaban J connectivity index is 2.02. The lowest BCUT2D eigenvalue weighted by Crippen LogP contribution is -2.38. The van der Waals surface area contributed by atoms with E-state index < -0.39 is 6.10 Å². The fourth-order valence-corrected chi connectivity index (χ4v) is 4.46. The van der Waals surface area contributed by atoms with Gasteiger partial charge in [-0.3, -0.25) is 4.90 Å². The molecule has 0 saturated heterocycles. The van der Waals surface area contributed by atoms with Crippen LogP contribution >= 0.6 is 0 Å². The summed E-state index contributed by atoms with van der Waals surface area (Å²) >= 11 is 0. The number of rotatable bonds is 7. The van der Waals surface area contributed by atoms with Gasteiger partial charge in [0.15, 0.2) is 0 Å². The van der Waals surface area contributed by atoms with Crippen molar-refractivity contribution in [3.8, 4) is 0 Å². The largest absolute Gasteiger partial charge is 0.387 e. The first-order valence-electron chi connectivity index (χ1n) is 10.1. The van der Waals surface area contributed by atoms with Crippen LogP contribution in [0, 0.1) is 0 Å². The number of aliphatic hydroxyl groups excluding tert-OH is 1. The number of hydrogen-bond donors (Lipinski definition) is 1. The van der Waals surface area contributed by atoms with Crippen molar-refractivity contribution in [2.45, 2.75) is 71.4 Å². The van der Waals surface area contributed by atoms with Crippen LogP contribution in [0.3, 0.4) is 0 Å². The van der Waals surface area contributed by atoms with E-state index in [1.807, 2.05) is 0 Å². The van der Waals surface area contributed by atoms with Gasteiger partial charge in [-0.05, 0) is 86.0 Å². The normalized spacial score (nSPS) is 16.8. The minimum absolute atomic E-state index is 0.143. The fourth-order valence-electron chi connectivity index (χ4n) is 4.46. The van der Waals surface area contributed by atoms with Gasteiger partial charge in [0.2, 0.25) is 0 Å². The minimum Gasteiger partial charge on any atom is -0.387 e. The van der Waals surface area contributed by atoms with Crippen LogP contribution in [0.5, 0.6) is 0 Å². The molecule has 0 saturated carbocycles. The van der Waals surface area contributed by atoms with Gasteiger partial charge in [0, 0.05) is 6.04 Å². The topological polar surface area (TPSA) is 23.5 Å². The Hall–Kier alpha value is -1.38. The highest BCUT2D eigenvalue weighted by Crippen LogP contribution is 2.35. The van der Waals surface area contributed by atoms with Crippen molar-refractivity contribution in [1.29, 1.82) is 0 Å². The first-order chi connectivity index (χ1) is 12.2. The highest BCUT2D eigenvalue weighted by molar-refractivity contribution is 5.90. The second-order valence-electron chi connectivity index (χ2n) is 7.58. The van der Waals surface area contributed by atoms with Crippen molar-refractivity contribution >= 4 is 10.8 Å². The van der Waals surface area contributed by atoms with Gasteiger partial charge in [-0.1, -0.05) is 44.2 Å². The fraction of sp³-hybridized carbons (Fsp3) is 0.565. The molecule has 0 unspecified atom stereocenters.